The van der Waals surface area contributed by atoms with Gasteiger partial charge in [0.1, 0.15) is 0 Å². The number of rotatable bonds is 6. The van der Waals surface area contributed by atoms with Gasteiger partial charge in [0.25, 0.3) is 11.6 Å². The summed E-state index contributed by atoms with van der Waals surface area (Å²) in [7, 11) is 0. The van der Waals surface area contributed by atoms with E-state index in [4.69, 9.17) is 27.9 Å². The minimum atomic E-state index is -0.774. The second-order valence-electron chi connectivity index (χ2n) is 4.97. The molecular formula is C17H12Cl2N2O5. The molecule has 0 spiro atoms. The van der Waals surface area contributed by atoms with Crippen LogP contribution in [-0.2, 0) is 14.3 Å². The number of carbonyl (C=O) groups is 2. The van der Waals surface area contributed by atoms with Crippen LogP contribution in [0.5, 0.6) is 0 Å². The van der Waals surface area contributed by atoms with Crippen LogP contribution >= 0.6 is 23.2 Å². The van der Waals surface area contributed by atoms with Crippen molar-refractivity contribution in [3.05, 3.63) is 74.3 Å². The van der Waals surface area contributed by atoms with Gasteiger partial charge < -0.3 is 10.1 Å². The van der Waals surface area contributed by atoms with Crippen LogP contribution in [0.1, 0.15) is 5.56 Å². The maximum absolute atomic E-state index is 11.8. The van der Waals surface area contributed by atoms with E-state index in [9.17, 15) is 19.7 Å². The van der Waals surface area contributed by atoms with Crippen molar-refractivity contribution in [2.24, 2.45) is 0 Å². The van der Waals surface area contributed by atoms with E-state index in [-0.39, 0.29) is 5.69 Å². The van der Waals surface area contributed by atoms with Gasteiger partial charge in [-0.3, -0.25) is 14.9 Å². The number of esters is 1. The number of benzene rings is 2. The first-order valence-corrected chi connectivity index (χ1v) is 7.95. The molecule has 0 radical (unpaired) electrons. The van der Waals surface area contributed by atoms with Crippen LogP contribution in [0.4, 0.5) is 11.4 Å². The summed E-state index contributed by atoms with van der Waals surface area (Å²) in [5, 5.41) is 13.8. The van der Waals surface area contributed by atoms with Crippen molar-refractivity contribution < 1.29 is 19.2 Å². The molecule has 9 heteroatoms. The summed E-state index contributed by atoms with van der Waals surface area (Å²) in [5.74, 6) is -1.37. The standard InChI is InChI=1S/C17H12Cl2N2O5/c18-12-5-6-14(19)15(9-12)20-16(22)10-26-17(23)7-4-11-2-1-3-13(8-11)21(24)25/h1-9H,10H2,(H,20,22). The molecule has 2 aromatic carbocycles. The van der Waals surface area contributed by atoms with Gasteiger partial charge in [0, 0.05) is 23.2 Å². The highest BCUT2D eigenvalue weighted by Gasteiger charge is 2.09. The van der Waals surface area contributed by atoms with Crippen LogP contribution in [-0.4, -0.2) is 23.4 Å². The largest absolute Gasteiger partial charge is 0.452 e. The Morgan fingerprint density at radius 3 is 2.69 bits per heavy atom. The molecule has 7 nitrogen and oxygen atoms in total. The summed E-state index contributed by atoms with van der Waals surface area (Å²) in [5.41, 5.74) is 0.650. The molecule has 0 unspecified atom stereocenters. The molecule has 1 amide bonds. The number of nitrogens with one attached hydrogen (secondary N) is 1. The Morgan fingerprint density at radius 1 is 1.19 bits per heavy atom. The summed E-state index contributed by atoms with van der Waals surface area (Å²) in [6, 6.07) is 10.3. The monoisotopic (exact) mass is 394 g/mol. The van der Waals surface area contributed by atoms with Crippen molar-refractivity contribution in [3.8, 4) is 0 Å². The number of carbonyl (C=O) groups excluding carboxylic acids is 2. The number of hydrogen-bond donors (Lipinski definition) is 1. The van der Waals surface area contributed by atoms with Crippen molar-refractivity contribution >= 4 is 52.5 Å². The summed E-state index contributed by atoms with van der Waals surface area (Å²) < 4.78 is 4.80. The maximum Gasteiger partial charge on any atom is 0.331 e. The number of ether oxygens (including phenoxy) is 1. The van der Waals surface area contributed by atoms with Crippen molar-refractivity contribution in [3.63, 3.8) is 0 Å². The predicted molar refractivity (Wildman–Crippen MR) is 98.2 cm³/mol. The van der Waals surface area contributed by atoms with Gasteiger partial charge in [-0.05, 0) is 29.8 Å². The number of nitro groups is 1. The molecule has 134 valence electrons. The molecule has 2 aromatic rings. The lowest BCUT2D eigenvalue weighted by molar-refractivity contribution is -0.384. The quantitative estimate of drug-likeness (QED) is 0.344. The van der Waals surface area contributed by atoms with Gasteiger partial charge in [-0.2, -0.15) is 0 Å². The zero-order valence-electron chi connectivity index (χ0n) is 13.1. The van der Waals surface area contributed by atoms with Crippen LogP contribution in [0.15, 0.2) is 48.5 Å². The number of nitro benzene ring substituents is 1. The summed E-state index contributed by atoms with van der Waals surface area (Å²) in [6.45, 7) is -0.527. The second-order valence-corrected chi connectivity index (χ2v) is 5.81. The van der Waals surface area contributed by atoms with Crippen molar-refractivity contribution in [1.29, 1.82) is 0 Å². The van der Waals surface area contributed by atoms with Gasteiger partial charge in [-0.1, -0.05) is 35.3 Å². The third-order valence-electron chi connectivity index (χ3n) is 3.04. The smallest absolute Gasteiger partial charge is 0.331 e. The lowest BCUT2D eigenvalue weighted by atomic mass is 10.2. The molecule has 0 aliphatic rings. The predicted octanol–water partition coefficient (Wildman–Crippen LogP) is 4.10. The minimum Gasteiger partial charge on any atom is -0.452 e. The van der Waals surface area contributed by atoms with Crippen molar-refractivity contribution in [2.75, 3.05) is 11.9 Å². The molecule has 2 rings (SSSR count). The fraction of sp³-hybridized carbons (Fsp3) is 0.0588. The molecule has 0 saturated carbocycles. The average Bonchev–Trinajstić information content (AvgIpc) is 2.61. The molecule has 0 aliphatic carbocycles. The Morgan fingerprint density at radius 2 is 1.96 bits per heavy atom. The Balaban J connectivity index is 1.88. The number of nitrogens with zero attached hydrogens (tertiary/aromatic N) is 1. The van der Waals surface area contributed by atoms with E-state index in [1.54, 1.807) is 12.1 Å². The topological polar surface area (TPSA) is 98.5 Å². The molecule has 0 aliphatic heterocycles. The number of amides is 1. The molecule has 0 aromatic heterocycles. The molecule has 0 atom stereocenters. The van der Waals surface area contributed by atoms with Gasteiger partial charge >= 0.3 is 5.97 Å². The zero-order valence-corrected chi connectivity index (χ0v) is 14.7. The van der Waals surface area contributed by atoms with Crippen molar-refractivity contribution in [1.82, 2.24) is 0 Å². The Labute approximate surface area is 158 Å². The first-order chi connectivity index (χ1) is 12.3. The van der Waals surface area contributed by atoms with Gasteiger partial charge in [-0.15, -0.1) is 0 Å². The molecule has 0 heterocycles. The summed E-state index contributed by atoms with van der Waals surface area (Å²) >= 11 is 11.7. The second kappa shape index (κ2) is 8.98. The van der Waals surface area contributed by atoms with Crippen LogP contribution in [0, 0.1) is 10.1 Å². The van der Waals surface area contributed by atoms with E-state index in [0.717, 1.165) is 6.08 Å². The first-order valence-electron chi connectivity index (χ1n) is 7.19. The van der Waals surface area contributed by atoms with E-state index >= 15 is 0 Å². The highest BCUT2D eigenvalue weighted by Crippen LogP contribution is 2.25. The highest BCUT2D eigenvalue weighted by atomic mass is 35.5. The molecular weight excluding hydrogens is 383 g/mol. The van der Waals surface area contributed by atoms with Crippen LogP contribution in [0.2, 0.25) is 10.0 Å². The third kappa shape index (κ3) is 5.87. The van der Waals surface area contributed by atoms with Gasteiger partial charge in [0.05, 0.1) is 15.6 Å². The van der Waals surface area contributed by atoms with Gasteiger partial charge in [0.2, 0.25) is 0 Å². The normalized spacial score (nSPS) is 10.5. The Kier molecular flexibility index (Phi) is 6.71. The number of halogens is 2. The number of hydrogen-bond acceptors (Lipinski definition) is 5. The van der Waals surface area contributed by atoms with Gasteiger partial charge in [0.15, 0.2) is 6.61 Å². The third-order valence-corrected chi connectivity index (χ3v) is 3.61. The number of anilines is 1. The Hall–Kier alpha value is -2.90. The zero-order chi connectivity index (χ0) is 19.1. The fourth-order valence-electron chi connectivity index (χ4n) is 1.87. The molecule has 0 fully saturated rings. The summed E-state index contributed by atoms with van der Waals surface area (Å²) in [6.07, 6.45) is 2.42. The van der Waals surface area contributed by atoms with E-state index in [1.807, 2.05) is 0 Å². The van der Waals surface area contributed by atoms with Crippen LogP contribution in [0.25, 0.3) is 6.08 Å². The maximum atomic E-state index is 11.8. The molecule has 0 saturated heterocycles. The van der Waals surface area contributed by atoms with Crippen molar-refractivity contribution in [2.45, 2.75) is 0 Å². The Bertz CT molecular complexity index is 883. The van der Waals surface area contributed by atoms with Crippen LogP contribution in [0.3, 0.4) is 0 Å². The highest BCUT2D eigenvalue weighted by molar-refractivity contribution is 6.35. The lowest BCUT2D eigenvalue weighted by Crippen LogP contribution is -2.20. The molecule has 26 heavy (non-hydrogen) atoms. The SMILES string of the molecule is O=C(COC(=O)C=Cc1cccc([N+](=O)[O-])c1)Nc1cc(Cl)ccc1Cl. The number of non-ortho nitro benzene ring substituents is 1. The lowest BCUT2D eigenvalue weighted by Gasteiger charge is -2.07. The molecule has 1 N–H and O–H groups in total. The van der Waals surface area contributed by atoms with Crippen LogP contribution < -0.4 is 5.32 Å². The minimum absolute atomic E-state index is 0.0988. The average molecular weight is 395 g/mol. The van der Waals surface area contributed by atoms with E-state index < -0.39 is 23.4 Å². The van der Waals surface area contributed by atoms with E-state index in [1.165, 1.54) is 36.4 Å². The van der Waals surface area contributed by atoms with E-state index in [2.05, 4.69) is 5.32 Å². The first kappa shape index (κ1) is 19.4. The van der Waals surface area contributed by atoms with Gasteiger partial charge in [-0.25, -0.2) is 4.79 Å². The molecule has 0 bridgehead atoms. The van der Waals surface area contributed by atoms with E-state index in [0.29, 0.717) is 21.3 Å². The fourth-order valence-corrected chi connectivity index (χ4v) is 2.21. The summed E-state index contributed by atoms with van der Waals surface area (Å²) in [4.78, 5) is 33.6.